The van der Waals surface area contributed by atoms with Gasteiger partial charge >= 0.3 is 0 Å². The second-order valence-electron chi connectivity index (χ2n) is 4.71. The first-order valence-corrected chi connectivity index (χ1v) is 7.03. The quantitative estimate of drug-likeness (QED) is 0.848. The number of benzene rings is 1. The summed E-state index contributed by atoms with van der Waals surface area (Å²) in [6, 6.07) is 8.14. The summed E-state index contributed by atoms with van der Waals surface area (Å²) in [5.74, 6) is 1.12. The second kappa shape index (κ2) is 4.80. The molecule has 4 heteroatoms. The van der Waals surface area contributed by atoms with Gasteiger partial charge in [-0.3, -0.25) is 4.99 Å². The molecule has 0 unspecified atom stereocenters. The van der Waals surface area contributed by atoms with Crippen LogP contribution in [0.15, 0.2) is 33.7 Å². The van der Waals surface area contributed by atoms with Crippen LogP contribution in [0.2, 0.25) is 0 Å². The van der Waals surface area contributed by atoms with Crippen LogP contribution in [0.3, 0.4) is 0 Å². The molecule has 2 nitrogen and oxygen atoms in total. The fourth-order valence-corrected chi connectivity index (χ4v) is 2.77. The van der Waals surface area contributed by atoms with Crippen molar-refractivity contribution in [3.63, 3.8) is 0 Å². The molecule has 1 aliphatic heterocycles. The van der Waals surface area contributed by atoms with Gasteiger partial charge in [0.05, 0.1) is 0 Å². The smallest absolute Gasteiger partial charge is 0.161 e. The van der Waals surface area contributed by atoms with E-state index in [1.807, 2.05) is 18.2 Å². The van der Waals surface area contributed by atoms with Crippen molar-refractivity contribution in [2.24, 2.45) is 10.4 Å². The zero-order valence-electron chi connectivity index (χ0n) is 9.46. The first kappa shape index (κ1) is 12.0. The van der Waals surface area contributed by atoms with Crippen LogP contribution in [0.5, 0.6) is 0 Å². The van der Waals surface area contributed by atoms with Crippen LogP contribution in [0, 0.1) is 5.41 Å². The van der Waals surface area contributed by atoms with Gasteiger partial charge in [-0.25, -0.2) is 0 Å². The van der Waals surface area contributed by atoms with Crippen LogP contribution in [-0.4, -0.2) is 17.5 Å². The van der Waals surface area contributed by atoms with Crippen LogP contribution in [0.1, 0.15) is 13.8 Å². The van der Waals surface area contributed by atoms with E-state index in [9.17, 15) is 0 Å². The molecule has 1 aromatic rings. The highest BCUT2D eigenvalue weighted by Crippen LogP contribution is 2.28. The van der Waals surface area contributed by atoms with Gasteiger partial charge in [0.25, 0.3) is 0 Å². The third-order valence-electron chi connectivity index (χ3n) is 2.33. The van der Waals surface area contributed by atoms with E-state index in [2.05, 4.69) is 46.2 Å². The largest absolute Gasteiger partial charge is 0.335 e. The minimum Gasteiger partial charge on any atom is -0.335 e. The van der Waals surface area contributed by atoms with Crippen molar-refractivity contribution in [3.8, 4) is 0 Å². The highest BCUT2D eigenvalue weighted by Gasteiger charge is 2.23. The summed E-state index contributed by atoms with van der Waals surface area (Å²) in [5, 5.41) is 4.37. The lowest BCUT2D eigenvalue weighted by atomic mass is 9.97. The van der Waals surface area contributed by atoms with Gasteiger partial charge in [-0.15, -0.1) is 0 Å². The summed E-state index contributed by atoms with van der Waals surface area (Å²) in [5.41, 5.74) is 1.41. The Morgan fingerprint density at radius 2 is 2.25 bits per heavy atom. The zero-order valence-corrected chi connectivity index (χ0v) is 11.9. The minimum atomic E-state index is 0.327. The van der Waals surface area contributed by atoms with Crippen LogP contribution in [0.25, 0.3) is 0 Å². The van der Waals surface area contributed by atoms with E-state index in [4.69, 9.17) is 0 Å². The number of hydrogen-bond acceptors (Lipinski definition) is 3. The molecule has 16 heavy (non-hydrogen) atoms. The van der Waals surface area contributed by atoms with Crippen molar-refractivity contribution in [1.29, 1.82) is 0 Å². The van der Waals surface area contributed by atoms with E-state index >= 15 is 0 Å². The minimum absolute atomic E-state index is 0.327. The molecule has 0 atom stereocenters. The molecule has 0 aromatic heterocycles. The molecule has 0 radical (unpaired) electrons. The van der Waals surface area contributed by atoms with Crippen LogP contribution in [0.4, 0.5) is 5.69 Å². The standard InChI is InChI=1S/C12H15BrN2S/c1-12(2)7-14-11(16-8-12)15-10-5-3-4-9(13)6-10/h3-6H,7-8H2,1-2H3,(H,14,15). The number of nitrogens with zero attached hydrogens (tertiary/aromatic N) is 1. The van der Waals surface area contributed by atoms with Crippen LogP contribution < -0.4 is 5.32 Å². The van der Waals surface area contributed by atoms with E-state index in [-0.39, 0.29) is 0 Å². The molecular weight excluding hydrogens is 284 g/mol. The molecule has 86 valence electrons. The molecule has 0 saturated carbocycles. The second-order valence-corrected chi connectivity index (χ2v) is 6.59. The number of amidine groups is 1. The Morgan fingerprint density at radius 1 is 1.44 bits per heavy atom. The van der Waals surface area contributed by atoms with Gasteiger partial charge in [0, 0.05) is 22.5 Å². The first-order chi connectivity index (χ1) is 7.55. The van der Waals surface area contributed by atoms with E-state index < -0.39 is 0 Å². The maximum absolute atomic E-state index is 4.56. The highest BCUT2D eigenvalue weighted by atomic mass is 79.9. The average molecular weight is 299 g/mol. The lowest BCUT2D eigenvalue weighted by Gasteiger charge is -2.27. The Balaban J connectivity index is 2.04. The molecule has 1 aliphatic rings. The van der Waals surface area contributed by atoms with Crippen molar-refractivity contribution >= 4 is 38.5 Å². The predicted molar refractivity (Wildman–Crippen MR) is 76.3 cm³/mol. The number of hydrogen-bond donors (Lipinski definition) is 1. The van der Waals surface area contributed by atoms with Crippen molar-refractivity contribution in [2.45, 2.75) is 13.8 Å². The molecule has 2 rings (SSSR count). The van der Waals surface area contributed by atoms with Gasteiger partial charge in [-0.05, 0) is 23.6 Å². The van der Waals surface area contributed by atoms with Crippen molar-refractivity contribution in [3.05, 3.63) is 28.7 Å². The van der Waals surface area contributed by atoms with Crippen molar-refractivity contribution < 1.29 is 0 Å². The number of aliphatic imine (C=N–C) groups is 1. The van der Waals surface area contributed by atoms with Gasteiger partial charge in [-0.2, -0.15) is 0 Å². The third kappa shape index (κ3) is 3.25. The van der Waals surface area contributed by atoms with Gasteiger partial charge in [0.15, 0.2) is 5.17 Å². The number of anilines is 1. The molecule has 0 bridgehead atoms. The fourth-order valence-electron chi connectivity index (χ4n) is 1.41. The normalized spacial score (nSPS) is 19.1. The maximum Gasteiger partial charge on any atom is 0.161 e. The first-order valence-electron chi connectivity index (χ1n) is 5.25. The van der Waals surface area contributed by atoms with Crippen molar-refractivity contribution in [2.75, 3.05) is 17.6 Å². The lowest BCUT2D eigenvalue weighted by molar-refractivity contribution is 0.438. The summed E-state index contributed by atoms with van der Waals surface area (Å²) < 4.78 is 1.08. The van der Waals surface area contributed by atoms with E-state index in [1.54, 1.807) is 11.8 Å². The number of nitrogens with one attached hydrogen (secondary N) is 1. The van der Waals surface area contributed by atoms with E-state index in [1.165, 1.54) is 0 Å². The molecule has 0 amide bonds. The van der Waals surface area contributed by atoms with Gasteiger partial charge in [0.1, 0.15) is 0 Å². The van der Waals surface area contributed by atoms with Crippen LogP contribution in [-0.2, 0) is 0 Å². The Bertz CT molecular complexity index is 415. The highest BCUT2D eigenvalue weighted by molar-refractivity contribution is 9.10. The van der Waals surface area contributed by atoms with Gasteiger partial charge in [0.2, 0.25) is 0 Å². The Hall–Kier alpha value is -0.480. The van der Waals surface area contributed by atoms with Gasteiger partial charge in [-0.1, -0.05) is 47.6 Å². The summed E-state index contributed by atoms with van der Waals surface area (Å²) in [7, 11) is 0. The van der Waals surface area contributed by atoms with E-state index in [0.717, 1.165) is 27.6 Å². The Morgan fingerprint density at radius 3 is 2.88 bits per heavy atom. The fraction of sp³-hybridized carbons (Fsp3) is 0.417. The molecule has 0 saturated heterocycles. The molecule has 0 aliphatic carbocycles. The summed E-state index contributed by atoms with van der Waals surface area (Å²) >= 11 is 5.25. The molecule has 1 N–H and O–H groups in total. The molecule has 0 fully saturated rings. The van der Waals surface area contributed by atoms with Crippen LogP contribution >= 0.6 is 27.7 Å². The molecule has 1 heterocycles. The SMILES string of the molecule is CC1(C)CN=C(Nc2cccc(Br)c2)SC1. The topological polar surface area (TPSA) is 24.4 Å². The van der Waals surface area contributed by atoms with Gasteiger partial charge < -0.3 is 5.32 Å². The monoisotopic (exact) mass is 298 g/mol. The Labute approximate surface area is 109 Å². The zero-order chi connectivity index (χ0) is 11.6. The summed E-state index contributed by atoms with van der Waals surface area (Å²) in [6.45, 7) is 5.40. The summed E-state index contributed by atoms with van der Waals surface area (Å²) in [4.78, 5) is 4.56. The number of rotatable bonds is 1. The molecular formula is C12H15BrN2S. The number of halogens is 1. The third-order valence-corrected chi connectivity index (χ3v) is 4.25. The lowest BCUT2D eigenvalue weighted by Crippen LogP contribution is -2.27. The predicted octanol–water partition coefficient (Wildman–Crippen LogP) is 3.99. The average Bonchev–Trinajstić information content (AvgIpc) is 2.21. The summed E-state index contributed by atoms with van der Waals surface area (Å²) in [6.07, 6.45) is 0. The maximum atomic E-state index is 4.56. The number of thioether (sulfide) groups is 1. The molecule has 0 spiro atoms. The van der Waals surface area contributed by atoms with Crippen molar-refractivity contribution in [1.82, 2.24) is 0 Å². The molecule has 1 aromatic carbocycles. The van der Waals surface area contributed by atoms with E-state index in [0.29, 0.717) is 5.41 Å². The Kier molecular flexibility index (Phi) is 3.60.